The van der Waals surface area contributed by atoms with Gasteiger partial charge in [-0.15, -0.1) is 11.8 Å². The van der Waals surface area contributed by atoms with Gasteiger partial charge in [0.25, 0.3) is 0 Å². The van der Waals surface area contributed by atoms with Crippen molar-refractivity contribution in [2.24, 2.45) is 0 Å². The highest BCUT2D eigenvalue weighted by molar-refractivity contribution is 7.98. The van der Waals surface area contributed by atoms with Crippen molar-refractivity contribution in [1.82, 2.24) is 9.97 Å². The Balaban J connectivity index is 2.16. The van der Waals surface area contributed by atoms with Gasteiger partial charge in [-0.3, -0.25) is 0 Å². The van der Waals surface area contributed by atoms with E-state index < -0.39 is 0 Å². The zero-order chi connectivity index (χ0) is 13.8. The molecule has 0 spiro atoms. The first-order valence-electron chi connectivity index (χ1n) is 5.90. The molecule has 5 heteroatoms. The zero-order valence-corrected chi connectivity index (χ0v) is 12.4. The Labute approximate surface area is 122 Å². The zero-order valence-electron chi connectivity index (χ0n) is 10.9. The first-order valence-corrected chi connectivity index (χ1v) is 7.26. The summed E-state index contributed by atoms with van der Waals surface area (Å²) in [5.41, 5.74) is 4.33. The van der Waals surface area contributed by atoms with Crippen LogP contribution in [-0.4, -0.2) is 15.1 Å². The Morgan fingerprint density at radius 1 is 1.16 bits per heavy atom. The number of aryl methyl sites for hydroxylation is 2. The highest BCUT2D eigenvalue weighted by atomic mass is 35.5. The van der Waals surface area contributed by atoms with Gasteiger partial charge >= 0.3 is 0 Å². The maximum Gasteiger partial charge on any atom is 0.139 e. The molecule has 0 aliphatic heterocycles. The normalized spacial score (nSPS) is 10.7. The van der Waals surface area contributed by atoms with Crippen LogP contribution >= 0.6 is 23.4 Å². The molecule has 0 aliphatic rings. The summed E-state index contributed by atoms with van der Waals surface area (Å²) in [4.78, 5) is 8.05. The van der Waals surface area contributed by atoms with Crippen molar-refractivity contribution < 1.29 is 5.11 Å². The molecule has 2 rings (SSSR count). The van der Waals surface area contributed by atoms with E-state index in [0.717, 1.165) is 10.8 Å². The number of thioether (sulfide) groups is 1. The van der Waals surface area contributed by atoms with Crippen molar-refractivity contribution in [3.63, 3.8) is 0 Å². The Bertz CT molecular complexity index is 569. The van der Waals surface area contributed by atoms with E-state index in [-0.39, 0.29) is 6.61 Å². The van der Waals surface area contributed by atoms with Crippen LogP contribution in [-0.2, 0) is 12.4 Å². The van der Waals surface area contributed by atoms with E-state index in [2.05, 4.69) is 42.0 Å². The van der Waals surface area contributed by atoms with Crippen molar-refractivity contribution >= 4 is 23.4 Å². The summed E-state index contributed by atoms with van der Waals surface area (Å²) in [5, 5.41) is 10.4. The van der Waals surface area contributed by atoms with Crippen LogP contribution in [0.4, 0.5) is 0 Å². The fraction of sp³-hybridized carbons (Fsp3) is 0.286. The van der Waals surface area contributed by atoms with E-state index in [1.807, 2.05) is 0 Å². The number of nitrogens with zero attached hydrogens (tertiary/aromatic N) is 2. The number of hydrogen-bond acceptors (Lipinski definition) is 4. The van der Waals surface area contributed by atoms with Crippen LogP contribution in [0.5, 0.6) is 0 Å². The minimum absolute atomic E-state index is 0.144. The van der Waals surface area contributed by atoms with Gasteiger partial charge in [-0.05, 0) is 19.4 Å². The average Bonchev–Trinajstić information content (AvgIpc) is 2.35. The van der Waals surface area contributed by atoms with E-state index in [0.29, 0.717) is 10.7 Å². The van der Waals surface area contributed by atoms with Crippen LogP contribution in [0.3, 0.4) is 0 Å². The van der Waals surface area contributed by atoms with Crippen LogP contribution in [0.25, 0.3) is 0 Å². The Hall–Kier alpha value is -1.10. The summed E-state index contributed by atoms with van der Waals surface area (Å²) in [7, 11) is 0. The molecule has 0 bridgehead atoms. The molecule has 100 valence electrons. The lowest BCUT2D eigenvalue weighted by Crippen LogP contribution is -1.96. The first-order chi connectivity index (χ1) is 9.10. The van der Waals surface area contributed by atoms with Crippen LogP contribution < -0.4 is 0 Å². The van der Waals surface area contributed by atoms with E-state index in [4.69, 9.17) is 11.6 Å². The molecule has 3 nitrogen and oxygen atoms in total. The lowest BCUT2D eigenvalue weighted by molar-refractivity contribution is 0.277. The number of rotatable bonds is 4. The third-order valence-corrected chi connectivity index (χ3v) is 4.10. The van der Waals surface area contributed by atoms with Crippen LogP contribution in [0.1, 0.15) is 22.3 Å². The van der Waals surface area contributed by atoms with Gasteiger partial charge in [0.2, 0.25) is 0 Å². The smallest absolute Gasteiger partial charge is 0.139 e. The predicted molar refractivity (Wildman–Crippen MR) is 78.4 cm³/mol. The topological polar surface area (TPSA) is 46.0 Å². The molecule has 1 aromatic heterocycles. The van der Waals surface area contributed by atoms with Crippen molar-refractivity contribution in [3.05, 3.63) is 51.9 Å². The quantitative estimate of drug-likeness (QED) is 0.692. The Kier molecular flexibility index (Phi) is 4.80. The number of aliphatic hydroxyl groups excluding tert-OH is 1. The molecular formula is C14H15ClN2OS. The molecule has 0 saturated carbocycles. The highest BCUT2D eigenvalue weighted by Crippen LogP contribution is 2.28. The SMILES string of the molecule is Cc1cc(C)cc(CSc2ncnc(Cl)c2CO)c1. The largest absolute Gasteiger partial charge is 0.391 e. The molecule has 0 unspecified atom stereocenters. The van der Waals surface area contributed by atoms with Gasteiger partial charge in [-0.1, -0.05) is 40.9 Å². The summed E-state index contributed by atoms with van der Waals surface area (Å²) in [6.45, 7) is 4.03. The van der Waals surface area contributed by atoms with Crippen LogP contribution in [0.2, 0.25) is 5.15 Å². The Morgan fingerprint density at radius 2 is 1.84 bits per heavy atom. The summed E-state index contributed by atoms with van der Waals surface area (Å²) in [6.07, 6.45) is 1.42. The molecule has 19 heavy (non-hydrogen) atoms. The maximum atomic E-state index is 9.31. The molecule has 0 radical (unpaired) electrons. The van der Waals surface area contributed by atoms with Crippen molar-refractivity contribution in [1.29, 1.82) is 0 Å². The second kappa shape index (κ2) is 6.37. The molecular weight excluding hydrogens is 280 g/mol. The van der Waals surface area contributed by atoms with Gasteiger partial charge in [-0.2, -0.15) is 0 Å². The minimum atomic E-state index is -0.144. The number of aromatic nitrogens is 2. The molecule has 0 saturated heterocycles. The third kappa shape index (κ3) is 3.69. The number of hydrogen-bond donors (Lipinski definition) is 1. The van der Waals surface area contributed by atoms with Gasteiger partial charge < -0.3 is 5.11 Å². The molecule has 0 atom stereocenters. The van der Waals surface area contributed by atoms with Gasteiger partial charge in [-0.25, -0.2) is 9.97 Å². The van der Waals surface area contributed by atoms with Crippen LogP contribution in [0.15, 0.2) is 29.6 Å². The number of halogens is 1. The summed E-state index contributed by atoms with van der Waals surface area (Å²) in [6, 6.07) is 6.46. The third-order valence-electron chi connectivity index (χ3n) is 2.67. The number of benzene rings is 1. The summed E-state index contributed by atoms with van der Waals surface area (Å²) in [5.74, 6) is 0.795. The van der Waals surface area contributed by atoms with Crippen molar-refractivity contribution in [2.75, 3.05) is 0 Å². The molecule has 2 aromatic rings. The van der Waals surface area contributed by atoms with Crippen molar-refractivity contribution in [3.8, 4) is 0 Å². The highest BCUT2D eigenvalue weighted by Gasteiger charge is 2.09. The second-order valence-corrected chi connectivity index (χ2v) is 5.71. The lowest BCUT2D eigenvalue weighted by atomic mass is 10.1. The molecule has 1 aromatic carbocycles. The maximum absolute atomic E-state index is 9.31. The summed E-state index contributed by atoms with van der Waals surface area (Å²) >= 11 is 7.50. The average molecular weight is 295 g/mol. The van der Waals surface area contributed by atoms with Gasteiger partial charge in [0.05, 0.1) is 6.61 Å². The number of aliphatic hydroxyl groups is 1. The molecule has 1 heterocycles. The first kappa shape index (κ1) is 14.3. The summed E-state index contributed by atoms with van der Waals surface area (Å²) < 4.78 is 0. The monoisotopic (exact) mass is 294 g/mol. The van der Waals surface area contributed by atoms with E-state index in [9.17, 15) is 5.11 Å². The molecule has 0 amide bonds. The van der Waals surface area contributed by atoms with E-state index >= 15 is 0 Å². The minimum Gasteiger partial charge on any atom is -0.391 e. The predicted octanol–water partition coefficient (Wildman–Crippen LogP) is 3.53. The fourth-order valence-corrected chi connectivity index (χ4v) is 3.11. The molecule has 0 aliphatic carbocycles. The van der Waals surface area contributed by atoms with Gasteiger partial charge in [0.15, 0.2) is 0 Å². The molecule has 0 fully saturated rings. The van der Waals surface area contributed by atoms with Crippen LogP contribution in [0, 0.1) is 13.8 Å². The standard InChI is InChI=1S/C14H15ClN2OS/c1-9-3-10(2)5-11(4-9)7-19-14-12(6-18)13(15)16-8-17-14/h3-5,8,18H,6-7H2,1-2H3. The van der Waals surface area contributed by atoms with E-state index in [1.165, 1.54) is 23.0 Å². The lowest BCUT2D eigenvalue weighted by Gasteiger charge is -2.08. The van der Waals surface area contributed by atoms with Gasteiger partial charge in [0, 0.05) is 11.3 Å². The van der Waals surface area contributed by atoms with E-state index in [1.54, 1.807) is 11.8 Å². The fourth-order valence-electron chi connectivity index (χ4n) is 1.94. The Morgan fingerprint density at radius 3 is 2.47 bits per heavy atom. The second-order valence-electron chi connectivity index (χ2n) is 4.39. The van der Waals surface area contributed by atoms with Gasteiger partial charge in [0.1, 0.15) is 16.5 Å². The molecule has 1 N–H and O–H groups in total. The van der Waals surface area contributed by atoms with Crippen molar-refractivity contribution in [2.45, 2.75) is 31.2 Å².